The number of nitrogens with one attached hydrogen (secondary N) is 2. The molecule has 1 aromatic carbocycles. The third kappa shape index (κ3) is 3.90. The number of nitro groups is 1. The molecule has 9 nitrogen and oxygen atoms in total. The molecular formula is C10H13N3O6S. The number of rotatable bonds is 7. The summed E-state index contributed by atoms with van der Waals surface area (Å²) in [6.07, 6.45) is 0. The molecule has 0 atom stereocenters. The number of aromatic carboxylic acids is 1. The first-order valence-corrected chi connectivity index (χ1v) is 7.09. The van der Waals surface area contributed by atoms with Crippen molar-refractivity contribution in [1.29, 1.82) is 0 Å². The maximum atomic E-state index is 11.2. The van der Waals surface area contributed by atoms with Gasteiger partial charge < -0.3 is 10.4 Å². The van der Waals surface area contributed by atoms with Crippen molar-refractivity contribution in [2.75, 3.05) is 24.7 Å². The Morgan fingerprint density at radius 1 is 1.45 bits per heavy atom. The number of carbonyl (C=O) groups is 1. The Morgan fingerprint density at radius 3 is 2.60 bits per heavy atom. The maximum absolute atomic E-state index is 11.2. The van der Waals surface area contributed by atoms with Crippen LogP contribution in [0, 0.1) is 10.1 Å². The Balaban J connectivity index is 2.99. The predicted molar refractivity (Wildman–Crippen MR) is 71.4 cm³/mol. The van der Waals surface area contributed by atoms with Crippen molar-refractivity contribution < 1.29 is 23.2 Å². The standard InChI is InChI=1S/C10H13N3O6S/c1-11-20(18,19)6-5-12-8-4-2-3-7(10(14)15)9(8)13(16)17/h2-4,11-12H,5-6H2,1H3,(H,14,15). The highest BCUT2D eigenvalue weighted by Gasteiger charge is 2.24. The Labute approximate surface area is 114 Å². The fourth-order valence-corrected chi connectivity index (χ4v) is 2.05. The highest BCUT2D eigenvalue weighted by Crippen LogP contribution is 2.28. The third-order valence-electron chi connectivity index (χ3n) is 2.45. The quantitative estimate of drug-likeness (QED) is 0.484. The van der Waals surface area contributed by atoms with Gasteiger partial charge in [0.1, 0.15) is 11.3 Å². The minimum absolute atomic E-state index is 0.0406. The van der Waals surface area contributed by atoms with Gasteiger partial charge in [-0.15, -0.1) is 0 Å². The third-order valence-corrected chi connectivity index (χ3v) is 3.81. The first-order valence-electron chi connectivity index (χ1n) is 5.44. The first-order chi connectivity index (χ1) is 9.28. The van der Waals surface area contributed by atoms with E-state index in [4.69, 9.17) is 5.11 Å². The summed E-state index contributed by atoms with van der Waals surface area (Å²) in [5.41, 5.74) is -1.10. The molecule has 0 aliphatic heterocycles. The molecule has 0 aliphatic rings. The summed E-state index contributed by atoms with van der Waals surface area (Å²) in [7, 11) is -2.20. The van der Waals surface area contributed by atoms with Crippen LogP contribution in [0.2, 0.25) is 0 Å². The van der Waals surface area contributed by atoms with Crippen molar-refractivity contribution in [3.63, 3.8) is 0 Å². The summed E-state index contributed by atoms with van der Waals surface area (Å²) in [6, 6.07) is 3.76. The van der Waals surface area contributed by atoms with Crippen LogP contribution in [0.3, 0.4) is 0 Å². The summed E-state index contributed by atoms with van der Waals surface area (Å²) >= 11 is 0. The molecule has 110 valence electrons. The zero-order valence-corrected chi connectivity index (χ0v) is 11.3. The molecule has 0 saturated heterocycles. The van der Waals surface area contributed by atoms with Crippen LogP contribution in [0.25, 0.3) is 0 Å². The van der Waals surface area contributed by atoms with Crippen LogP contribution in [0.1, 0.15) is 10.4 Å². The molecule has 0 saturated carbocycles. The van der Waals surface area contributed by atoms with Gasteiger partial charge in [0.05, 0.1) is 10.7 Å². The SMILES string of the molecule is CNS(=O)(=O)CCNc1cccc(C(=O)O)c1[N+](=O)[O-]. The molecule has 0 unspecified atom stereocenters. The van der Waals surface area contributed by atoms with E-state index in [0.717, 1.165) is 6.07 Å². The molecule has 0 fully saturated rings. The molecule has 0 aliphatic carbocycles. The topological polar surface area (TPSA) is 139 Å². The summed E-state index contributed by atoms with van der Waals surface area (Å²) in [6.45, 7) is -0.0902. The van der Waals surface area contributed by atoms with E-state index in [1.54, 1.807) is 0 Å². The van der Waals surface area contributed by atoms with Gasteiger partial charge in [-0.25, -0.2) is 17.9 Å². The number of hydrogen-bond acceptors (Lipinski definition) is 6. The number of para-hydroxylation sites is 1. The summed E-state index contributed by atoms with van der Waals surface area (Å²) in [4.78, 5) is 21.0. The molecule has 1 aromatic rings. The van der Waals surface area contributed by atoms with Gasteiger partial charge in [-0.2, -0.15) is 0 Å². The molecule has 0 radical (unpaired) electrons. The number of carboxylic acid groups (broad SMARTS) is 1. The van der Waals surface area contributed by atoms with E-state index in [9.17, 15) is 23.3 Å². The van der Waals surface area contributed by atoms with Crippen LogP contribution in [-0.2, 0) is 10.0 Å². The summed E-state index contributed by atoms with van der Waals surface area (Å²) in [5, 5.41) is 22.4. The lowest BCUT2D eigenvalue weighted by Gasteiger charge is -2.08. The smallest absolute Gasteiger partial charge is 0.342 e. The molecule has 0 bridgehead atoms. The number of carboxylic acids is 1. The molecular weight excluding hydrogens is 290 g/mol. The van der Waals surface area contributed by atoms with Gasteiger partial charge in [0.2, 0.25) is 10.0 Å². The Bertz CT molecular complexity index is 628. The van der Waals surface area contributed by atoms with Crippen LogP contribution < -0.4 is 10.0 Å². The molecule has 1 rings (SSSR count). The minimum atomic E-state index is -3.45. The number of hydrogen-bond donors (Lipinski definition) is 3. The van der Waals surface area contributed by atoms with Gasteiger partial charge in [0, 0.05) is 6.54 Å². The highest BCUT2D eigenvalue weighted by atomic mass is 32.2. The van der Waals surface area contributed by atoms with E-state index in [1.165, 1.54) is 19.2 Å². The van der Waals surface area contributed by atoms with Crippen molar-refractivity contribution in [3.8, 4) is 0 Å². The largest absolute Gasteiger partial charge is 0.477 e. The number of nitrogens with zero attached hydrogens (tertiary/aromatic N) is 1. The van der Waals surface area contributed by atoms with Gasteiger partial charge in [0.15, 0.2) is 0 Å². The van der Waals surface area contributed by atoms with Crippen LogP contribution in [0.15, 0.2) is 18.2 Å². The van der Waals surface area contributed by atoms with Crippen LogP contribution in [0.5, 0.6) is 0 Å². The molecule has 0 aromatic heterocycles. The fourth-order valence-electron chi connectivity index (χ4n) is 1.48. The molecule has 0 heterocycles. The monoisotopic (exact) mass is 303 g/mol. The van der Waals surface area contributed by atoms with Crippen molar-refractivity contribution in [2.24, 2.45) is 0 Å². The predicted octanol–water partition coefficient (Wildman–Crippen LogP) is 0.254. The van der Waals surface area contributed by atoms with Crippen molar-refractivity contribution in [2.45, 2.75) is 0 Å². The van der Waals surface area contributed by atoms with E-state index in [-0.39, 0.29) is 18.0 Å². The lowest BCUT2D eigenvalue weighted by atomic mass is 10.1. The fraction of sp³-hybridized carbons (Fsp3) is 0.300. The summed E-state index contributed by atoms with van der Waals surface area (Å²) in [5.74, 6) is -1.72. The molecule has 3 N–H and O–H groups in total. The van der Waals surface area contributed by atoms with Gasteiger partial charge in [0.25, 0.3) is 0 Å². The van der Waals surface area contributed by atoms with Gasteiger partial charge in [-0.05, 0) is 19.2 Å². The van der Waals surface area contributed by atoms with Gasteiger partial charge in [-0.3, -0.25) is 10.1 Å². The number of benzene rings is 1. The second-order valence-electron chi connectivity index (χ2n) is 3.71. The average Bonchev–Trinajstić information content (AvgIpc) is 2.37. The number of sulfonamides is 1. The second-order valence-corrected chi connectivity index (χ2v) is 5.76. The molecule has 0 amide bonds. The van der Waals surface area contributed by atoms with Crippen LogP contribution >= 0.6 is 0 Å². The summed E-state index contributed by atoms with van der Waals surface area (Å²) < 4.78 is 24.5. The zero-order valence-electron chi connectivity index (χ0n) is 10.5. The number of nitro benzene ring substituents is 1. The molecule has 10 heteroatoms. The molecule has 20 heavy (non-hydrogen) atoms. The van der Waals surface area contributed by atoms with E-state index in [2.05, 4.69) is 10.0 Å². The van der Waals surface area contributed by atoms with Crippen LogP contribution in [-0.4, -0.2) is 43.8 Å². The van der Waals surface area contributed by atoms with Crippen molar-refractivity contribution in [1.82, 2.24) is 4.72 Å². The number of anilines is 1. The van der Waals surface area contributed by atoms with Crippen molar-refractivity contribution >= 4 is 27.4 Å². The highest BCUT2D eigenvalue weighted by molar-refractivity contribution is 7.89. The normalized spacial score (nSPS) is 11.1. The lowest BCUT2D eigenvalue weighted by Crippen LogP contribution is -2.26. The first kappa shape index (κ1) is 15.9. The average molecular weight is 303 g/mol. The van der Waals surface area contributed by atoms with E-state index >= 15 is 0 Å². The lowest BCUT2D eigenvalue weighted by molar-refractivity contribution is -0.384. The minimum Gasteiger partial charge on any atom is -0.477 e. The second kappa shape index (κ2) is 6.30. The Hall–Kier alpha value is -2.20. The van der Waals surface area contributed by atoms with E-state index < -0.39 is 32.2 Å². The Kier molecular flexibility index (Phi) is 5.00. The maximum Gasteiger partial charge on any atom is 0.342 e. The zero-order chi connectivity index (χ0) is 15.3. The van der Waals surface area contributed by atoms with Crippen LogP contribution in [0.4, 0.5) is 11.4 Å². The van der Waals surface area contributed by atoms with Gasteiger partial charge >= 0.3 is 11.7 Å². The van der Waals surface area contributed by atoms with Crippen molar-refractivity contribution in [3.05, 3.63) is 33.9 Å². The van der Waals surface area contributed by atoms with E-state index in [1.807, 2.05) is 0 Å². The molecule has 0 spiro atoms. The van der Waals surface area contributed by atoms with E-state index in [0.29, 0.717) is 0 Å². The van der Waals surface area contributed by atoms with Gasteiger partial charge in [-0.1, -0.05) is 6.07 Å². The Morgan fingerprint density at radius 2 is 2.10 bits per heavy atom.